The maximum atomic E-state index is 13.3. The summed E-state index contributed by atoms with van der Waals surface area (Å²) in [5, 5.41) is 10.5. The molecule has 1 fully saturated rings. The van der Waals surface area contributed by atoms with Crippen molar-refractivity contribution in [3.63, 3.8) is 0 Å². The Morgan fingerprint density at radius 1 is 1.05 bits per heavy atom. The maximum Gasteiger partial charge on any atom is 0.417 e. The molecule has 0 bridgehead atoms. The minimum Gasteiger partial charge on any atom is -0.379 e. The molecule has 5 rings (SSSR count). The molecule has 1 aliphatic heterocycles. The van der Waals surface area contributed by atoms with Crippen molar-refractivity contribution < 1.29 is 35.5 Å². The number of non-ortho nitro benzene ring substituents is 1. The second kappa shape index (κ2) is 11.7. The first kappa shape index (κ1) is 30.0. The number of nitrogens with zero attached hydrogens (tertiary/aromatic N) is 4. The van der Waals surface area contributed by atoms with Crippen LogP contribution in [0.3, 0.4) is 0 Å². The van der Waals surface area contributed by atoms with Crippen molar-refractivity contribution in [2.75, 3.05) is 13.1 Å². The van der Waals surface area contributed by atoms with E-state index >= 15 is 0 Å². The summed E-state index contributed by atoms with van der Waals surface area (Å²) >= 11 is 5.68. The summed E-state index contributed by atoms with van der Waals surface area (Å²) in [7, 11) is -4.32. The van der Waals surface area contributed by atoms with Crippen LogP contribution in [0.1, 0.15) is 34.8 Å². The lowest BCUT2D eigenvalue weighted by Gasteiger charge is -2.33. The minimum atomic E-state index is -4.68. The van der Waals surface area contributed by atoms with Crippen LogP contribution in [0, 0.1) is 10.1 Å². The summed E-state index contributed by atoms with van der Waals surface area (Å²) in [5.74, 6) is -0.508. The Bertz CT molecular complexity index is 1790. The largest absolute Gasteiger partial charge is 0.417 e. The van der Waals surface area contributed by atoms with Gasteiger partial charge >= 0.3 is 16.3 Å². The van der Waals surface area contributed by atoms with E-state index in [1.165, 1.54) is 41.3 Å². The van der Waals surface area contributed by atoms with Crippen molar-refractivity contribution >= 4 is 33.3 Å². The van der Waals surface area contributed by atoms with E-state index in [1.54, 1.807) is 24.7 Å². The molecule has 10 nitrogen and oxygen atoms in total. The molecule has 1 saturated heterocycles. The van der Waals surface area contributed by atoms with Gasteiger partial charge in [0.25, 0.3) is 11.6 Å². The van der Waals surface area contributed by atoms with Gasteiger partial charge in [-0.25, -0.2) is 4.98 Å². The van der Waals surface area contributed by atoms with Gasteiger partial charge in [0.2, 0.25) is 0 Å². The Morgan fingerprint density at radius 3 is 2.40 bits per heavy atom. The van der Waals surface area contributed by atoms with Crippen molar-refractivity contribution in [1.29, 1.82) is 0 Å². The zero-order valence-electron chi connectivity index (χ0n) is 22.1. The number of imidazole rings is 1. The van der Waals surface area contributed by atoms with Gasteiger partial charge in [-0.05, 0) is 61.4 Å². The smallest absolute Gasteiger partial charge is 0.379 e. The van der Waals surface area contributed by atoms with Gasteiger partial charge in [-0.15, -0.1) is 0 Å². The standard InChI is InChI=1S/C28H22ClF3N4O6S/c29-25-9-6-19(14-24(25)28(30,31)32)27(37)34-12-10-20(11-13-34)35-17-33-16-26(35)18-4-7-22(8-5-18)42-43(40,41)23-3-1-2-21(15-23)36(38)39/h1-9,14-17,20H,10-13H2. The van der Waals surface area contributed by atoms with E-state index in [4.69, 9.17) is 15.8 Å². The lowest BCUT2D eigenvalue weighted by Crippen LogP contribution is -2.39. The molecule has 0 spiro atoms. The summed E-state index contributed by atoms with van der Waals surface area (Å²) < 4.78 is 72.1. The average Bonchev–Trinajstić information content (AvgIpc) is 3.47. The molecule has 0 N–H and O–H groups in total. The molecule has 0 atom stereocenters. The van der Waals surface area contributed by atoms with Crippen LogP contribution in [0.25, 0.3) is 11.3 Å². The van der Waals surface area contributed by atoms with Gasteiger partial charge in [0, 0.05) is 42.4 Å². The Kier molecular flexibility index (Phi) is 8.16. The number of carbonyl (C=O) groups excluding carboxylic acids is 1. The van der Waals surface area contributed by atoms with E-state index in [1.807, 2.05) is 4.57 Å². The molecule has 1 aliphatic rings. The average molecular weight is 635 g/mol. The minimum absolute atomic E-state index is 0.00372. The number of benzene rings is 3. The number of alkyl halides is 3. The van der Waals surface area contributed by atoms with Crippen molar-refractivity contribution in [1.82, 2.24) is 14.5 Å². The molecule has 0 aliphatic carbocycles. The van der Waals surface area contributed by atoms with E-state index in [0.29, 0.717) is 31.5 Å². The Morgan fingerprint density at radius 2 is 1.74 bits per heavy atom. The van der Waals surface area contributed by atoms with Crippen LogP contribution < -0.4 is 4.18 Å². The number of hydrogen-bond donors (Lipinski definition) is 0. The first-order valence-corrected chi connectivity index (χ1v) is 14.6. The van der Waals surface area contributed by atoms with Crippen molar-refractivity contribution in [2.24, 2.45) is 0 Å². The fraction of sp³-hybridized carbons (Fsp3) is 0.214. The Balaban J connectivity index is 1.26. The molecule has 43 heavy (non-hydrogen) atoms. The summed E-state index contributed by atoms with van der Waals surface area (Å²) in [6.45, 7) is 0.626. The van der Waals surface area contributed by atoms with Crippen LogP contribution in [0.4, 0.5) is 18.9 Å². The second-order valence-corrected chi connectivity index (χ2v) is 11.7. The van der Waals surface area contributed by atoms with Gasteiger partial charge in [-0.2, -0.15) is 21.6 Å². The van der Waals surface area contributed by atoms with E-state index in [0.717, 1.165) is 23.9 Å². The maximum absolute atomic E-state index is 13.3. The van der Waals surface area contributed by atoms with E-state index in [9.17, 15) is 36.5 Å². The summed E-state index contributed by atoms with van der Waals surface area (Å²) in [4.78, 5) is 28.6. The summed E-state index contributed by atoms with van der Waals surface area (Å²) in [6.07, 6.45) is -0.347. The normalized spacial score (nSPS) is 14.5. The Labute approximate surface area is 248 Å². The van der Waals surface area contributed by atoms with Crippen LogP contribution >= 0.6 is 11.6 Å². The van der Waals surface area contributed by atoms with Gasteiger partial charge in [-0.1, -0.05) is 17.7 Å². The van der Waals surface area contributed by atoms with Gasteiger partial charge in [0.1, 0.15) is 10.6 Å². The third-order valence-corrected chi connectivity index (χ3v) is 8.58. The number of halogens is 4. The third-order valence-electron chi connectivity index (χ3n) is 7.00. The fourth-order valence-corrected chi connectivity index (χ4v) is 6.03. The lowest BCUT2D eigenvalue weighted by atomic mass is 10.0. The highest BCUT2D eigenvalue weighted by molar-refractivity contribution is 7.87. The molecule has 3 aromatic carbocycles. The number of nitro benzene ring substituents is 1. The highest BCUT2D eigenvalue weighted by atomic mass is 35.5. The monoisotopic (exact) mass is 634 g/mol. The molecular weight excluding hydrogens is 613 g/mol. The van der Waals surface area contributed by atoms with Crippen LogP contribution in [0.15, 0.2) is 84.1 Å². The lowest BCUT2D eigenvalue weighted by molar-refractivity contribution is -0.385. The second-order valence-electron chi connectivity index (χ2n) is 9.72. The van der Waals surface area contributed by atoms with Crippen molar-refractivity contribution in [3.8, 4) is 17.0 Å². The molecule has 1 amide bonds. The molecular formula is C28H22ClF3N4O6S. The SMILES string of the molecule is O=C(c1ccc(Cl)c(C(F)(F)F)c1)N1CCC(n2cncc2-c2ccc(OS(=O)(=O)c3cccc([N+](=O)[O-])c3)cc2)CC1. The van der Waals surface area contributed by atoms with E-state index < -0.39 is 37.7 Å². The number of piperidine rings is 1. The van der Waals surface area contributed by atoms with Crippen LogP contribution in [-0.2, 0) is 16.3 Å². The van der Waals surface area contributed by atoms with Crippen molar-refractivity contribution in [3.05, 3.63) is 106 Å². The Hall–Kier alpha value is -4.43. The van der Waals surface area contributed by atoms with Crippen LogP contribution in [0.2, 0.25) is 5.02 Å². The number of hydrogen-bond acceptors (Lipinski definition) is 7. The zero-order chi connectivity index (χ0) is 30.9. The van der Waals surface area contributed by atoms with Gasteiger partial charge in [-0.3, -0.25) is 14.9 Å². The molecule has 0 saturated carbocycles. The molecule has 224 valence electrons. The number of aromatic nitrogens is 2. The van der Waals surface area contributed by atoms with Gasteiger partial charge < -0.3 is 13.7 Å². The summed E-state index contributed by atoms with van der Waals surface area (Å²) in [5.41, 5.74) is -0.101. The van der Waals surface area contributed by atoms with E-state index in [2.05, 4.69) is 4.98 Å². The van der Waals surface area contributed by atoms with Crippen LogP contribution in [0.5, 0.6) is 5.75 Å². The predicted molar refractivity (Wildman–Crippen MR) is 149 cm³/mol. The first-order valence-electron chi connectivity index (χ1n) is 12.8. The van der Waals surface area contributed by atoms with Gasteiger partial charge in [0.05, 0.1) is 33.7 Å². The first-order chi connectivity index (χ1) is 20.3. The number of amides is 1. The number of carbonyl (C=O) groups is 1. The molecule has 0 radical (unpaired) electrons. The van der Waals surface area contributed by atoms with Crippen molar-refractivity contribution in [2.45, 2.75) is 30.0 Å². The zero-order valence-corrected chi connectivity index (χ0v) is 23.6. The highest BCUT2D eigenvalue weighted by Gasteiger charge is 2.35. The third kappa shape index (κ3) is 6.49. The van der Waals surface area contributed by atoms with Crippen LogP contribution in [-0.4, -0.2) is 46.8 Å². The number of rotatable bonds is 7. The van der Waals surface area contributed by atoms with E-state index in [-0.39, 0.29) is 27.9 Å². The molecule has 1 aromatic heterocycles. The number of nitro groups is 1. The fourth-order valence-electron chi connectivity index (χ4n) is 4.83. The highest BCUT2D eigenvalue weighted by Crippen LogP contribution is 2.36. The number of likely N-dealkylation sites (tertiary alicyclic amines) is 1. The predicted octanol–water partition coefficient (Wildman–Crippen LogP) is 6.38. The quantitative estimate of drug-likeness (QED) is 0.131. The van der Waals surface area contributed by atoms with Gasteiger partial charge in [0.15, 0.2) is 0 Å². The molecule has 4 aromatic rings. The molecule has 15 heteroatoms. The topological polar surface area (TPSA) is 125 Å². The molecule has 2 heterocycles. The summed E-state index contributed by atoms with van der Waals surface area (Å²) in [6, 6.07) is 13.8. The molecule has 0 unspecified atom stereocenters.